The fourth-order valence-corrected chi connectivity index (χ4v) is 1.58. The van der Waals surface area contributed by atoms with Crippen LogP contribution in [0.4, 0.5) is 0 Å². The van der Waals surface area contributed by atoms with Gasteiger partial charge in [-0.25, -0.2) is 0 Å². The molecule has 0 spiro atoms. The first kappa shape index (κ1) is 9.59. The Bertz CT molecular complexity index is 218. The summed E-state index contributed by atoms with van der Waals surface area (Å²) in [6.45, 7) is 1.65. The van der Waals surface area contributed by atoms with E-state index < -0.39 is 0 Å². The first-order valence-corrected chi connectivity index (χ1v) is 4.80. The fraction of sp³-hybridized carbons (Fsp3) is 0.600. The summed E-state index contributed by atoms with van der Waals surface area (Å²) in [7, 11) is 0. The molecule has 1 aliphatic carbocycles. The highest BCUT2D eigenvalue weighted by molar-refractivity contribution is 7.80. The molecule has 0 aliphatic heterocycles. The van der Waals surface area contributed by atoms with Gasteiger partial charge in [-0.05, 0) is 32.1 Å². The normalized spacial score (nSPS) is 22.8. The molecule has 0 saturated heterocycles. The van der Waals surface area contributed by atoms with Gasteiger partial charge >= 0.3 is 0 Å². The summed E-state index contributed by atoms with van der Waals surface area (Å²) in [6, 6.07) is 0. The van der Waals surface area contributed by atoms with Crippen molar-refractivity contribution >= 4 is 22.9 Å². The van der Waals surface area contributed by atoms with E-state index in [1.165, 1.54) is 0 Å². The lowest BCUT2D eigenvalue weighted by atomic mass is 9.91. The van der Waals surface area contributed by atoms with E-state index in [1.807, 2.05) is 6.08 Å². The zero-order valence-electron chi connectivity index (χ0n) is 7.38. The minimum absolute atomic E-state index is 0.288. The highest BCUT2D eigenvalue weighted by Gasteiger charge is 2.11. The molecule has 0 aromatic heterocycles. The van der Waals surface area contributed by atoms with Gasteiger partial charge in [0.15, 0.2) is 0 Å². The zero-order valence-corrected chi connectivity index (χ0v) is 8.19. The van der Waals surface area contributed by atoms with Crippen molar-refractivity contribution in [2.75, 3.05) is 0 Å². The topological polar surface area (TPSA) is 17.1 Å². The molecule has 1 rings (SSSR count). The molecule has 66 valence electrons. The highest BCUT2D eigenvalue weighted by Crippen LogP contribution is 2.20. The van der Waals surface area contributed by atoms with E-state index in [1.54, 1.807) is 6.92 Å². The number of rotatable bonds is 3. The summed E-state index contributed by atoms with van der Waals surface area (Å²) in [5.41, 5.74) is 0. The number of hydrogen-bond donors (Lipinski definition) is 0. The number of allylic oxidation sites excluding steroid dienone is 2. The molecular weight excluding hydrogens is 168 g/mol. The molecule has 12 heavy (non-hydrogen) atoms. The summed E-state index contributed by atoms with van der Waals surface area (Å²) in [6.07, 6.45) is 8.02. The Balaban J connectivity index is 2.30. The smallest absolute Gasteiger partial charge is 0.129 e. The maximum atomic E-state index is 10.7. The lowest BCUT2D eigenvalue weighted by Crippen LogP contribution is -2.07. The van der Waals surface area contributed by atoms with E-state index in [-0.39, 0.29) is 5.78 Å². The van der Waals surface area contributed by atoms with Gasteiger partial charge in [0.1, 0.15) is 5.78 Å². The van der Waals surface area contributed by atoms with Crippen LogP contribution in [0.5, 0.6) is 0 Å². The minimum atomic E-state index is 0.288. The van der Waals surface area contributed by atoms with Crippen LogP contribution in [0.2, 0.25) is 0 Å². The van der Waals surface area contributed by atoms with Crippen LogP contribution in [-0.4, -0.2) is 10.6 Å². The summed E-state index contributed by atoms with van der Waals surface area (Å²) >= 11 is 5.04. The van der Waals surface area contributed by atoms with E-state index in [0.29, 0.717) is 12.3 Å². The van der Waals surface area contributed by atoms with Crippen molar-refractivity contribution in [1.82, 2.24) is 0 Å². The Morgan fingerprint density at radius 3 is 3.00 bits per heavy atom. The molecule has 0 saturated carbocycles. The van der Waals surface area contributed by atoms with Crippen LogP contribution in [0.3, 0.4) is 0 Å². The molecule has 0 radical (unpaired) electrons. The van der Waals surface area contributed by atoms with Crippen LogP contribution in [0, 0.1) is 5.92 Å². The van der Waals surface area contributed by atoms with E-state index in [4.69, 9.17) is 12.2 Å². The van der Waals surface area contributed by atoms with Crippen LogP contribution in [0.15, 0.2) is 12.2 Å². The minimum Gasteiger partial charge on any atom is -0.300 e. The standard InChI is InChI=1S/C10H14OS/c1-8(11)2-3-9-4-6-10(12)7-5-9/h4,6,9H,2-3,5,7H2,1H3. The van der Waals surface area contributed by atoms with E-state index >= 15 is 0 Å². The molecule has 1 aliphatic rings. The molecule has 0 N–H and O–H groups in total. The summed E-state index contributed by atoms with van der Waals surface area (Å²) in [5.74, 6) is 0.872. The molecule has 1 atom stereocenters. The third-order valence-corrected chi connectivity index (χ3v) is 2.52. The Morgan fingerprint density at radius 2 is 2.50 bits per heavy atom. The van der Waals surface area contributed by atoms with Gasteiger partial charge < -0.3 is 4.79 Å². The molecule has 1 unspecified atom stereocenters. The zero-order chi connectivity index (χ0) is 8.97. The van der Waals surface area contributed by atoms with Crippen LogP contribution < -0.4 is 0 Å². The number of carbonyl (C=O) groups excluding carboxylic acids is 1. The van der Waals surface area contributed by atoms with Crippen LogP contribution in [0.25, 0.3) is 0 Å². The van der Waals surface area contributed by atoms with E-state index in [9.17, 15) is 4.79 Å². The Labute approximate surface area is 78.8 Å². The summed E-state index contributed by atoms with van der Waals surface area (Å²) in [5, 5.41) is 0. The first-order chi connectivity index (χ1) is 5.68. The van der Waals surface area contributed by atoms with Crippen molar-refractivity contribution in [3.05, 3.63) is 12.2 Å². The van der Waals surface area contributed by atoms with Gasteiger partial charge in [-0.3, -0.25) is 0 Å². The average molecular weight is 182 g/mol. The quantitative estimate of drug-likeness (QED) is 0.624. The van der Waals surface area contributed by atoms with Crippen molar-refractivity contribution in [1.29, 1.82) is 0 Å². The number of carbonyl (C=O) groups is 1. The maximum absolute atomic E-state index is 10.7. The van der Waals surface area contributed by atoms with E-state index in [2.05, 4.69) is 6.08 Å². The molecule has 0 aromatic rings. The van der Waals surface area contributed by atoms with Gasteiger partial charge in [-0.2, -0.15) is 0 Å². The van der Waals surface area contributed by atoms with Crippen molar-refractivity contribution in [3.63, 3.8) is 0 Å². The van der Waals surface area contributed by atoms with Gasteiger partial charge in [-0.1, -0.05) is 24.4 Å². The Kier molecular flexibility index (Phi) is 3.60. The van der Waals surface area contributed by atoms with Crippen molar-refractivity contribution in [2.45, 2.75) is 32.6 Å². The summed E-state index contributed by atoms with van der Waals surface area (Å²) in [4.78, 5) is 11.8. The molecule has 0 fully saturated rings. The third-order valence-electron chi connectivity index (χ3n) is 2.18. The second kappa shape index (κ2) is 4.51. The molecule has 0 heterocycles. The lowest BCUT2D eigenvalue weighted by Gasteiger charge is -2.15. The SMILES string of the molecule is CC(=O)CCC1C=CC(=S)CC1. The van der Waals surface area contributed by atoms with Crippen LogP contribution in [0.1, 0.15) is 32.6 Å². The van der Waals surface area contributed by atoms with Crippen molar-refractivity contribution in [2.24, 2.45) is 5.92 Å². The predicted octanol–water partition coefficient (Wildman–Crippen LogP) is 2.69. The molecule has 1 nitrogen and oxygen atoms in total. The van der Waals surface area contributed by atoms with Gasteiger partial charge in [0.2, 0.25) is 0 Å². The Morgan fingerprint density at radius 1 is 1.75 bits per heavy atom. The van der Waals surface area contributed by atoms with Crippen LogP contribution in [-0.2, 0) is 4.79 Å². The lowest BCUT2D eigenvalue weighted by molar-refractivity contribution is -0.117. The fourth-order valence-electron chi connectivity index (χ4n) is 1.38. The number of hydrogen-bond acceptors (Lipinski definition) is 2. The second-order valence-corrected chi connectivity index (χ2v) is 3.89. The largest absolute Gasteiger partial charge is 0.300 e. The third kappa shape index (κ3) is 3.26. The first-order valence-electron chi connectivity index (χ1n) is 4.39. The van der Waals surface area contributed by atoms with E-state index in [0.717, 1.165) is 24.1 Å². The Hall–Kier alpha value is -0.500. The van der Waals surface area contributed by atoms with Crippen molar-refractivity contribution < 1.29 is 4.79 Å². The number of Topliss-reactive ketones (excluding diaryl/α,β-unsaturated/α-hetero) is 1. The maximum Gasteiger partial charge on any atom is 0.129 e. The van der Waals surface area contributed by atoms with Gasteiger partial charge in [0.25, 0.3) is 0 Å². The molecule has 0 aromatic carbocycles. The van der Waals surface area contributed by atoms with Crippen molar-refractivity contribution in [3.8, 4) is 0 Å². The molecular formula is C10H14OS. The predicted molar refractivity (Wildman–Crippen MR) is 54.4 cm³/mol. The molecule has 0 bridgehead atoms. The van der Waals surface area contributed by atoms with Gasteiger partial charge in [-0.15, -0.1) is 0 Å². The number of thiocarbonyl (C=S) groups is 1. The summed E-state index contributed by atoms with van der Waals surface area (Å²) < 4.78 is 0. The molecule has 0 amide bonds. The number of ketones is 1. The van der Waals surface area contributed by atoms with Gasteiger partial charge in [0, 0.05) is 11.3 Å². The second-order valence-electron chi connectivity index (χ2n) is 3.36. The monoisotopic (exact) mass is 182 g/mol. The average Bonchev–Trinajstić information content (AvgIpc) is 2.03. The van der Waals surface area contributed by atoms with Crippen LogP contribution >= 0.6 is 12.2 Å². The molecule has 2 heteroatoms. The highest BCUT2D eigenvalue weighted by atomic mass is 32.1. The van der Waals surface area contributed by atoms with Gasteiger partial charge in [0.05, 0.1) is 0 Å².